The molecule has 5 nitrogen and oxygen atoms in total. The highest BCUT2D eigenvalue weighted by molar-refractivity contribution is 5.89. The SMILES string of the molecule is C.CC#CC#CC#CC#CC#CC#CC#CC#CC(=O)OCCC[NH2+]CCCOC(=O)C#CC#CC#CC#CC#CC#CC#CC.[HH].[HH].[HH].[HH].[HH].[HH].[HH].[HH].[HH].[HH].[HH].[HH].[HH].[HH].[HH].[HH].[HH].[HH].[HH].[HH].[HH].[HH].[HH].[HH].[HH].[HH].[HH].[HH]. The average molecular weight is 651 g/mol. The molecule has 0 saturated carbocycles. The molecular formula is C41H80NO4+. The number of carbonyl (C=O) groups is 2. The summed E-state index contributed by atoms with van der Waals surface area (Å²) in [4.78, 5) is 23.1. The third-order valence-corrected chi connectivity index (χ3v) is 3.65. The quantitative estimate of drug-likeness (QED) is 0.133. The van der Waals surface area contributed by atoms with Crippen molar-refractivity contribution in [3.8, 4) is 178 Å². The minimum absolute atomic E-state index is 0. The molecule has 0 bridgehead atoms. The molecule has 0 spiro atoms. The largest absolute Gasteiger partial charge is 0.456 e. The standard InChI is InChI=1S/C40H19NO4.CH4.28H2/c1-3-5-7-9-11-13-15-17-18-20-22-24-26-28-30-34-40(43)45-38-32-36-41-35-31-37-44-39(42)33-29-27-25-23-21-19-16-14-12-10-8-6-4-2;;;;;;;;;;;;;;;;;;;;;;;;;;;;;/h41H,31-32,35-38H2,1-2H3;1H4;28*1H/p+1. The second-order valence-corrected chi connectivity index (χ2v) is 6.84. The highest BCUT2D eigenvalue weighted by Gasteiger charge is 1.99. The maximum atomic E-state index is 11.6. The lowest BCUT2D eigenvalue weighted by Crippen LogP contribution is -2.84. The van der Waals surface area contributed by atoms with Crippen molar-refractivity contribution in [3.63, 3.8) is 0 Å². The van der Waals surface area contributed by atoms with Crippen LogP contribution in [0.1, 0.15) is 74.1 Å². The predicted molar refractivity (Wildman–Crippen MR) is 237 cm³/mol. The maximum Gasteiger partial charge on any atom is 0.385 e. The van der Waals surface area contributed by atoms with E-state index in [-0.39, 0.29) is 60.6 Å². The molecule has 0 aliphatic heterocycles. The Hall–Kier alpha value is -7.70. The number of esters is 2. The molecule has 0 radical (unpaired) electrons. The van der Waals surface area contributed by atoms with Gasteiger partial charge < -0.3 is 14.8 Å². The number of hydrogen-bond acceptors (Lipinski definition) is 4. The summed E-state index contributed by atoms with van der Waals surface area (Å²) >= 11 is 0. The first kappa shape index (κ1) is 40.4. The van der Waals surface area contributed by atoms with Gasteiger partial charge >= 0.3 is 11.9 Å². The van der Waals surface area contributed by atoms with Crippen molar-refractivity contribution in [1.29, 1.82) is 0 Å². The number of carbonyl (C=O) groups excluding carboxylic acids is 2. The topological polar surface area (TPSA) is 69.2 Å². The zero-order chi connectivity index (χ0) is 32.7. The van der Waals surface area contributed by atoms with Crippen molar-refractivity contribution in [2.24, 2.45) is 0 Å². The van der Waals surface area contributed by atoms with Crippen molar-refractivity contribution in [2.45, 2.75) is 34.1 Å². The molecule has 46 heavy (non-hydrogen) atoms. The van der Waals surface area contributed by atoms with E-state index >= 15 is 0 Å². The molecule has 2 N–H and O–H groups in total. The lowest BCUT2D eigenvalue weighted by atomic mass is 10.4. The molecule has 0 amide bonds. The van der Waals surface area contributed by atoms with Gasteiger partial charge in [-0.15, -0.1) is 0 Å². The third-order valence-electron chi connectivity index (χ3n) is 3.65. The number of hydrogen-bond donors (Lipinski definition) is 1. The van der Waals surface area contributed by atoms with E-state index < -0.39 is 11.9 Å². The molecule has 0 saturated heterocycles. The van der Waals surface area contributed by atoms with Crippen LogP contribution < -0.4 is 5.32 Å². The first-order chi connectivity index (χ1) is 22.2. The van der Waals surface area contributed by atoms with Crippen molar-refractivity contribution in [1.82, 2.24) is 0 Å². The molecular weight excluding hydrogens is 570 g/mol. The molecule has 0 rings (SSSR count). The Morgan fingerprint density at radius 3 is 0.935 bits per heavy atom. The number of ether oxygens (including phenoxy) is 2. The summed E-state index contributed by atoms with van der Waals surface area (Å²) in [5, 5.41) is 2.01. The number of quaternary nitrogens is 1. The van der Waals surface area contributed by atoms with Crippen molar-refractivity contribution in [3.05, 3.63) is 0 Å². The Kier molecular flexibility index (Phi) is 31.1. The minimum Gasteiger partial charge on any atom is -0.456 e. The van der Waals surface area contributed by atoms with E-state index in [1.54, 1.807) is 13.8 Å². The lowest BCUT2D eigenvalue weighted by Gasteiger charge is -2.02. The molecule has 0 atom stereocenters. The van der Waals surface area contributed by atoms with Crippen LogP contribution in [0.2, 0.25) is 0 Å². The van der Waals surface area contributed by atoms with Crippen LogP contribution in [-0.4, -0.2) is 38.2 Å². The van der Waals surface area contributed by atoms with Gasteiger partial charge in [-0.3, -0.25) is 0 Å². The third kappa shape index (κ3) is 34.3. The zero-order valence-corrected chi connectivity index (χ0v) is 24.5. The fourth-order valence-corrected chi connectivity index (χ4v) is 1.98. The molecule has 0 aliphatic rings. The van der Waals surface area contributed by atoms with Gasteiger partial charge in [0.05, 0.1) is 26.3 Å². The van der Waals surface area contributed by atoms with Gasteiger partial charge in [0.2, 0.25) is 0 Å². The summed E-state index contributed by atoms with van der Waals surface area (Å²) in [6.07, 6.45) is 1.27. The summed E-state index contributed by atoms with van der Waals surface area (Å²) in [5.74, 6) is 72.7. The van der Waals surface area contributed by atoms with Crippen molar-refractivity contribution in [2.75, 3.05) is 26.3 Å². The van der Waals surface area contributed by atoms with Crippen LogP contribution in [0, 0.1) is 178 Å². The van der Waals surface area contributed by atoms with Crippen LogP contribution in [0.4, 0.5) is 0 Å². The van der Waals surface area contributed by atoms with Crippen LogP contribution in [0.5, 0.6) is 0 Å². The Morgan fingerprint density at radius 2 is 0.674 bits per heavy atom. The van der Waals surface area contributed by atoms with Gasteiger partial charge in [-0.1, -0.05) is 19.3 Å². The van der Waals surface area contributed by atoms with E-state index in [1.807, 2.05) is 5.32 Å². The van der Waals surface area contributed by atoms with E-state index in [1.165, 1.54) is 0 Å². The zero-order valence-electron chi connectivity index (χ0n) is 24.5. The van der Waals surface area contributed by atoms with Crippen LogP contribution in [0.15, 0.2) is 0 Å². The van der Waals surface area contributed by atoms with Gasteiger partial charge in [0.15, 0.2) is 0 Å². The van der Waals surface area contributed by atoms with Gasteiger partial charge in [-0.05, 0) is 168 Å². The minimum atomic E-state index is -0.677. The van der Waals surface area contributed by atoms with Crippen LogP contribution >= 0.6 is 0 Å². The van der Waals surface area contributed by atoms with Gasteiger partial charge in [0, 0.05) is 64.6 Å². The molecule has 0 fully saturated rings. The molecule has 272 valence electrons. The van der Waals surface area contributed by atoms with Gasteiger partial charge in [-0.25, -0.2) is 9.59 Å². The van der Waals surface area contributed by atoms with Gasteiger partial charge in [-0.2, -0.15) is 0 Å². The van der Waals surface area contributed by atoms with E-state index in [0.717, 1.165) is 13.1 Å². The van der Waals surface area contributed by atoms with E-state index in [0.29, 0.717) is 12.8 Å². The van der Waals surface area contributed by atoms with E-state index in [2.05, 4.69) is 178 Å². The summed E-state index contributed by atoms with van der Waals surface area (Å²) in [6.45, 7) is 5.25. The second kappa shape index (κ2) is 35.3. The number of rotatable bonds is 8. The summed E-state index contributed by atoms with van der Waals surface area (Å²) in [6, 6.07) is 0. The highest BCUT2D eigenvalue weighted by Crippen LogP contribution is 1.82. The summed E-state index contributed by atoms with van der Waals surface area (Å²) < 4.78 is 9.99. The average Bonchev–Trinajstić information content (AvgIpc) is 3.04. The van der Waals surface area contributed by atoms with E-state index in [9.17, 15) is 9.59 Å². The monoisotopic (exact) mass is 651 g/mol. The van der Waals surface area contributed by atoms with Crippen molar-refractivity contribution >= 4 is 11.9 Å². The normalized spacial score (nSPS) is 5.78. The smallest absolute Gasteiger partial charge is 0.385 e. The van der Waals surface area contributed by atoms with Crippen LogP contribution in [-0.2, 0) is 19.1 Å². The molecule has 0 heterocycles. The molecule has 0 unspecified atom stereocenters. The lowest BCUT2D eigenvalue weighted by molar-refractivity contribution is -0.655. The number of nitrogens with two attached hydrogens (primary N) is 1. The molecule has 0 aromatic heterocycles. The summed E-state index contributed by atoms with van der Waals surface area (Å²) in [7, 11) is 0. The van der Waals surface area contributed by atoms with E-state index in [4.69, 9.17) is 9.47 Å². The predicted octanol–water partition coefficient (Wildman–Crippen LogP) is 7.03. The van der Waals surface area contributed by atoms with Crippen molar-refractivity contribution < 1.29 is 64.3 Å². The molecule has 5 heteroatoms. The molecule has 0 aromatic rings. The van der Waals surface area contributed by atoms with Crippen LogP contribution in [0.3, 0.4) is 0 Å². The Labute approximate surface area is 315 Å². The fraction of sp³-hybridized carbons (Fsp3) is 0.220. The van der Waals surface area contributed by atoms with Crippen LogP contribution in [0.25, 0.3) is 0 Å². The molecule has 0 aromatic carbocycles. The van der Waals surface area contributed by atoms with Gasteiger partial charge in [0.25, 0.3) is 0 Å². The first-order valence-corrected chi connectivity index (χ1v) is 12.7. The Bertz CT molecular complexity index is 2150. The first-order valence-electron chi connectivity index (χ1n) is 12.7. The molecule has 0 aliphatic carbocycles. The summed E-state index contributed by atoms with van der Waals surface area (Å²) in [5.41, 5.74) is 0. The second-order valence-electron chi connectivity index (χ2n) is 6.84. The van der Waals surface area contributed by atoms with Gasteiger partial charge in [0.1, 0.15) is 0 Å². The fourth-order valence-electron chi connectivity index (χ4n) is 1.98. The Morgan fingerprint density at radius 1 is 0.435 bits per heavy atom. The maximum absolute atomic E-state index is 11.6. The highest BCUT2D eigenvalue weighted by atomic mass is 16.5. The Balaban J connectivity index is -0.0000000238.